The van der Waals surface area contributed by atoms with Crippen molar-refractivity contribution in [2.75, 3.05) is 5.32 Å². The molecular formula is C13H18N2O. The van der Waals surface area contributed by atoms with E-state index in [1.807, 2.05) is 38.1 Å². The van der Waals surface area contributed by atoms with Gasteiger partial charge in [-0.1, -0.05) is 12.1 Å². The number of nitrogens with one attached hydrogen (secondary N) is 1. The minimum Gasteiger partial charge on any atom is -0.371 e. The molecule has 2 rings (SSSR count). The summed E-state index contributed by atoms with van der Waals surface area (Å²) in [4.78, 5) is 11.6. The normalized spacial score (nSPS) is 18.9. The molecule has 1 atom stereocenters. The Hall–Kier alpha value is -1.51. The van der Waals surface area contributed by atoms with Crippen LogP contribution in [0.1, 0.15) is 25.3 Å². The summed E-state index contributed by atoms with van der Waals surface area (Å²) >= 11 is 0. The molecule has 16 heavy (non-hydrogen) atoms. The van der Waals surface area contributed by atoms with Gasteiger partial charge in [0.2, 0.25) is 5.91 Å². The molecule has 0 radical (unpaired) electrons. The third-order valence-corrected chi connectivity index (χ3v) is 3.33. The van der Waals surface area contributed by atoms with Crippen molar-refractivity contribution in [3.63, 3.8) is 0 Å². The molecule has 1 aromatic rings. The number of rotatable bonds is 4. The summed E-state index contributed by atoms with van der Waals surface area (Å²) in [6, 6.07) is 8.01. The van der Waals surface area contributed by atoms with E-state index >= 15 is 0 Å². The van der Waals surface area contributed by atoms with Gasteiger partial charge in [-0.15, -0.1) is 0 Å². The molecule has 0 aromatic heterocycles. The number of anilines is 1. The van der Waals surface area contributed by atoms with Gasteiger partial charge in [-0.2, -0.15) is 0 Å². The predicted octanol–water partition coefficient (Wildman–Crippen LogP) is 2.06. The second-order valence-corrected chi connectivity index (χ2v) is 4.84. The van der Waals surface area contributed by atoms with E-state index in [0.717, 1.165) is 18.5 Å². The molecule has 1 amide bonds. The number of hydrogen-bond acceptors (Lipinski definition) is 2. The summed E-state index contributed by atoms with van der Waals surface area (Å²) in [5.74, 6) is 0.113. The molecule has 3 N–H and O–H groups in total. The first-order chi connectivity index (χ1) is 7.52. The largest absolute Gasteiger partial charge is 0.371 e. The fraction of sp³-hybridized carbons (Fsp3) is 0.462. The van der Waals surface area contributed by atoms with Crippen molar-refractivity contribution in [2.24, 2.45) is 11.7 Å². The van der Waals surface area contributed by atoms with Gasteiger partial charge in [0.25, 0.3) is 0 Å². The molecule has 0 bridgehead atoms. The van der Waals surface area contributed by atoms with E-state index in [1.165, 1.54) is 5.56 Å². The van der Waals surface area contributed by atoms with Crippen molar-refractivity contribution in [1.82, 2.24) is 0 Å². The zero-order valence-electron chi connectivity index (χ0n) is 9.79. The Bertz CT molecular complexity index is 412. The molecule has 1 fully saturated rings. The SMILES string of the molecule is Cc1cccc(NC(C)(C(N)=O)C2CC2)c1. The molecule has 1 saturated carbocycles. The summed E-state index contributed by atoms with van der Waals surface area (Å²) in [6.07, 6.45) is 2.16. The van der Waals surface area contributed by atoms with Crippen LogP contribution in [0.4, 0.5) is 5.69 Å². The smallest absolute Gasteiger partial charge is 0.243 e. The standard InChI is InChI=1S/C13H18N2O/c1-9-4-3-5-11(8-9)15-13(2,12(14)16)10-6-7-10/h3-5,8,10,15H,6-7H2,1-2H3,(H2,14,16). The van der Waals surface area contributed by atoms with Crippen LogP contribution in [0.15, 0.2) is 24.3 Å². The number of carbonyl (C=O) groups is 1. The summed E-state index contributed by atoms with van der Waals surface area (Å²) in [7, 11) is 0. The van der Waals surface area contributed by atoms with Gasteiger partial charge in [0.05, 0.1) is 0 Å². The molecule has 3 heteroatoms. The van der Waals surface area contributed by atoms with Gasteiger partial charge >= 0.3 is 0 Å². The Kier molecular flexibility index (Phi) is 2.62. The van der Waals surface area contributed by atoms with E-state index in [4.69, 9.17) is 5.73 Å². The van der Waals surface area contributed by atoms with Crippen LogP contribution < -0.4 is 11.1 Å². The Morgan fingerprint density at radius 1 is 1.50 bits per heavy atom. The van der Waals surface area contributed by atoms with Crippen LogP contribution in [0.25, 0.3) is 0 Å². The number of carbonyl (C=O) groups excluding carboxylic acids is 1. The molecule has 1 unspecified atom stereocenters. The number of hydrogen-bond donors (Lipinski definition) is 2. The van der Waals surface area contributed by atoms with Crippen LogP contribution in [0.3, 0.4) is 0 Å². The maximum absolute atomic E-state index is 11.6. The van der Waals surface area contributed by atoms with Crippen LogP contribution in [-0.4, -0.2) is 11.4 Å². The lowest BCUT2D eigenvalue weighted by atomic mass is 9.94. The first kappa shape index (κ1) is 11.0. The monoisotopic (exact) mass is 218 g/mol. The summed E-state index contributed by atoms with van der Waals surface area (Å²) in [6.45, 7) is 3.93. The van der Waals surface area contributed by atoms with Crippen molar-refractivity contribution in [3.8, 4) is 0 Å². The van der Waals surface area contributed by atoms with E-state index in [-0.39, 0.29) is 5.91 Å². The molecule has 3 nitrogen and oxygen atoms in total. The summed E-state index contributed by atoms with van der Waals surface area (Å²) in [5.41, 5.74) is 7.03. The van der Waals surface area contributed by atoms with Crippen molar-refractivity contribution < 1.29 is 4.79 Å². The number of primary amides is 1. The Labute approximate surface area is 96.0 Å². The first-order valence-corrected chi connectivity index (χ1v) is 5.67. The van der Waals surface area contributed by atoms with Gasteiger partial charge < -0.3 is 11.1 Å². The Morgan fingerprint density at radius 2 is 2.19 bits per heavy atom. The third-order valence-electron chi connectivity index (χ3n) is 3.33. The highest BCUT2D eigenvalue weighted by Gasteiger charge is 2.46. The van der Waals surface area contributed by atoms with Crippen molar-refractivity contribution in [2.45, 2.75) is 32.2 Å². The van der Waals surface area contributed by atoms with Crippen molar-refractivity contribution in [1.29, 1.82) is 0 Å². The topological polar surface area (TPSA) is 55.1 Å². The predicted molar refractivity (Wildman–Crippen MR) is 65.1 cm³/mol. The fourth-order valence-corrected chi connectivity index (χ4v) is 2.05. The van der Waals surface area contributed by atoms with Gasteiger partial charge in [0.1, 0.15) is 5.54 Å². The van der Waals surface area contributed by atoms with Gasteiger partial charge in [0.15, 0.2) is 0 Å². The van der Waals surface area contributed by atoms with Gasteiger partial charge in [-0.05, 0) is 50.3 Å². The third kappa shape index (κ3) is 2.03. The van der Waals surface area contributed by atoms with Crippen LogP contribution in [-0.2, 0) is 4.79 Å². The Morgan fingerprint density at radius 3 is 2.69 bits per heavy atom. The second-order valence-electron chi connectivity index (χ2n) is 4.84. The molecular weight excluding hydrogens is 200 g/mol. The van der Waals surface area contributed by atoms with E-state index in [0.29, 0.717) is 5.92 Å². The van der Waals surface area contributed by atoms with E-state index in [1.54, 1.807) is 0 Å². The lowest BCUT2D eigenvalue weighted by Gasteiger charge is -2.28. The molecule has 1 aromatic carbocycles. The van der Waals surface area contributed by atoms with E-state index in [9.17, 15) is 4.79 Å². The molecule has 0 aliphatic heterocycles. The van der Waals surface area contributed by atoms with Gasteiger partial charge in [0, 0.05) is 5.69 Å². The molecule has 1 aliphatic carbocycles. The summed E-state index contributed by atoms with van der Waals surface area (Å²) < 4.78 is 0. The number of aryl methyl sites for hydroxylation is 1. The van der Waals surface area contributed by atoms with Crippen molar-refractivity contribution >= 4 is 11.6 Å². The van der Waals surface area contributed by atoms with Crippen LogP contribution in [0.2, 0.25) is 0 Å². The molecule has 0 heterocycles. The number of amides is 1. The van der Waals surface area contributed by atoms with Crippen LogP contribution >= 0.6 is 0 Å². The number of benzene rings is 1. The van der Waals surface area contributed by atoms with E-state index in [2.05, 4.69) is 5.32 Å². The zero-order chi connectivity index (χ0) is 11.8. The summed E-state index contributed by atoms with van der Waals surface area (Å²) in [5, 5.41) is 3.28. The fourth-order valence-electron chi connectivity index (χ4n) is 2.05. The minimum absolute atomic E-state index is 0.267. The molecule has 1 aliphatic rings. The van der Waals surface area contributed by atoms with Gasteiger partial charge in [-0.25, -0.2) is 0 Å². The average molecular weight is 218 g/mol. The Balaban J connectivity index is 2.21. The second kappa shape index (κ2) is 3.81. The lowest BCUT2D eigenvalue weighted by molar-refractivity contribution is -0.122. The maximum Gasteiger partial charge on any atom is 0.243 e. The quantitative estimate of drug-likeness (QED) is 0.812. The number of nitrogens with two attached hydrogens (primary N) is 1. The minimum atomic E-state index is -0.603. The van der Waals surface area contributed by atoms with Gasteiger partial charge in [-0.3, -0.25) is 4.79 Å². The molecule has 86 valence electrons. The highest BCUT2D eigenvalue weighted by Crippen LogP contribution is 2.41. The van der Waals surface area contributed by atoms with E-state index < -0.39 is 5.54 Å². The molecule has 0 spiro atoms. The first-order valence-electron chi connectivity index (χ1n) is 5.67. The zero-order valence-corrected chi connectivity index (χ0v) is 9.79. The van der Waals surface area contributed by atoms with Crippen molar-refractivity contribution in [3.05, 3.63) is 29.8 Å². The molecule has 0 saturated heterocycles. The van der Waals surface area contributed by atoms with Crippen LogP contribution in [0.5, 0.6) is 0 Å². The lowest BCUT2D eigenvalue weighted by Crippen LogP contribution is -2.49. The highest BCUT2D eigenvalue weighted by molar-refractivity contribution is 5.88. The highest BCUT2D eigenvalue weighted by atomic mass is 16.1. The average Bonchev–Trinajstić information content (AvgIpc) is 3.00. The van der Waals surface area contributed by atoms with Crippen LogP contribution in [0, 0.1) is 12.8 Å². The maximum atomic E-state index is 11.6.